The van der Waals surface area contributed by atoms with Crippen molar-refractivity contribution in [1.82, 2.24) is 10.3 Å². The van der Waals surface area contributed by atoms with Gasteiger partial charge in [-0.3, -0.25) is 15.1 Å². The molecule has 1 amide bonds. The van der Waals surface area contributed by atoms with Gasteiger partial charge in [0.25, 0.3) is 5.91 Å². The number of nitrogen functional groups attached to an aromatic ring is 1. The van der Waals surface area contributed by atoms with Gasteiger partial charge in [-0.25, -0.2) is 5.84 Å². The van der Waals surface area contributed by atoms with Crippen LogP contribution in [0.15, 0.2) is 22.7 Å². The van der Waals surface area contributed by atoms with Crippen molar-refractivity contribution >= 4 is 21.8 Å². The maximum atomic E-state index is 11.4. The summed E-state index contributed by atoms with van der Waals surface area (Å²) in [6.45, 7) is 1.46. The number of ether oxygens (including phenoxy) is 1. The number of nitrogens with two attached hydrogens (primary N) is 1. The van der Waals surface area contributed by atoms with Gasteiger partial charge in [-0.15, -0.1) is 0 Å². The summed E-state index contributed by atoms with van der Waals surface area (Å²) in [4.78, 5) is 13.4. The number of hydrazine groups is 1. The normalized spacial score (nSPS) is 12.5. The second kappa shape index (κ2) is 8.33. The molecule has 0 aliphatic carbocycles. The van der Waals surface area contributed by atoms with Crippen molar-refractivity contribution in [3.8, 4) is 0 Å². The fourth-order valence-corrected chi connectivity index (χ4v) is 2.36. The molecule has 7 heteroatoms. The number of aliphatic hydroxyl groups excluding tert-OH is 1. The van der Waals surface area contributed by atoms with Gasteiger partial charge in [-0.1, -0.05) is 22.0 Å². The Morgan fingerprint density at radius 3 is 2.85 bits per heavy atom. The number of amides is 1. The van der Waals surface area contributed by atoms with Crippen LogP contribution in [0.2, 0.25) is 0 Å². The van der Waals surface area contributed by atoms with Crippen LogP contribution in [-0.4, -0.2) is 49.3 Å². The molecule has 0 spiro atoms. The summed E-state index contributed by atoms with van der Waals surface area (Å²) in [6.07, 6.45) is -0.522. The summed E-state index contributed by atoms with van der Waals surface area (Å²) in [5.74, 6) is 4.76. The molecule has 6 nitrogen and oxygen atoms in total. The highest BCUT2D eigenvalue weighted by molar-refractivity contribution is 9.10. The Kier molecular flexibility index (Phi) is 7.11. The number of carbonyl (C=O) groups excluding carboxylic acids is 1. The maximum Gasteiger partial charge on any atom is 0.265 e. The van der Waals surface area contributed by atoms with Crippen LogP contribution < -0.4 is 11.3 Å². The largest absolute Gasteiger partial charge is 0.389 e. The Labute approximate surface area is 127 Å². The van der Waals surface area contributed by atoms with Gasteiger partial charge in [-0.05, 0) is 24.7 Å². The molecule has 20 heavy (non-hydrogen) atoms. The number of hydrogen-bond acceptors (Lipinski definition) is 5. The summed E-state index contributed by atoms with van der Waals surface area (Å²) >= 11 is 3.44. The lowest BCUT2D eigenvalue weighted by Crippen LogP contribution is -2.32. The number of rotatable bonds is 7. The van der Waals surface area contributed by atoms with E-state index in [4.69, 9.17) is 10.6 Å². The third-order valence-electron chi connectivity index (χ3n) is 2.77. The molecule has 0 radical (unpaired) electrons. The molecular weight excluding hydrogens is 326 g/mol. The summed E-state index contributed by atoms with van der Waals surface area (Å²) in [5, 5.41) is 9.67. The predicted octanol–water partition coefficient (Wildman–Crippen LogP) is 0.492. The molecule has 0 heterocycles. The third-order valence-corrected chi connectivity index (χ3v) is 3.51. The molecule has 1 aromatic rings. The third kappa shape index (κ3) is 5.18. The second-order valence-corrected chi connectivity index (χ2v) is 5.44. The van der Waals surface area contributed by atoms with E-state index in [9.17, 15) is 9.90 Å². The number of hydrogen-bond donors (Lipinski definition) is 3. The molecule has 0 saturated heterocycles. The number of nitrogens with one attached hydrogen (secondary N) is 1. The van der Waals surface area contributed by atoms with Gasteiger partial charge in [0.1, 0.15) is 0 Å². The monoisotopic (exact) mass is 345 g/mol. The Bertz CT molecular complexity index is 456. The summed E-state index contributed by atoms with van der Waals surface area (Å²) in [7, 11) is 3.47. The fraction of sp³-hybridized carbons (Fsp3) is 0.462. The van der Waals surface area contributed by atoms with Crippen LogP contribution in [-0.2, 0) is 11.3 Å². The van der Waals surface area contributed by atoms with Crippen molar-refractivity contribution in [3.63, 3.8) is 0 Å². The SMILES string of the molecule is COCC(O)CN(C)Cc1ccc(C(=O)NN)cc1Br. The standard InChI is InChI=1S/C13H20BrN3O3/c1-17(7-11(18)8-20-2)6-10-4-3-9(5-12(10)14)13(19)16-15/h3-5,11,18H,6-8,15H2,1-2H3,(H,16,19). The topological polar surface area (TPSA) is 87.8 Å². The van der Waals surface area contributed by atoms with E-state index in [1.54, 1.807) is 19.2 Å². The molecule has 1 atom stereocenters. The van der Waals surface area contributed by atoms with Crippen LogP contribution in [0.5, 0.6) is 0 Å². The van der Waals surface area contributed by atoms with Crippen molar-refractivity contribution in [2.45, 2.75) is 12.6 Å². The number of nitrogens with zero attached hydrogens (tertiary/aromatic N) is 1. The van der Waals surface area contributed by atoms with E-state index < -0.39 is 6.10 Å². The molecule has 0 aliphatic heterocycles. The molecule has 1 unspecified atom stereocenters. The van der Waals surface area contributed by atoms with Crippen LogP contribution in [0.1, 0.15) is 15.9 Å². The number of carbonyl (C=O) groups is 1. The van der Waals surface area contributed by atoms with Crippen LogP contribution in [0, 0.1) is 0 Å². The van der Waals surface area contributed by atoms with E-state index in [-0.39, 0.29) is 5.91 Å². The minimum Gasteiger partial charge on any atom is -0.389 e. The Balaban J connectivity index is 2.66. The van der Waals surface area contributed by atoms with Gasteiger partial charge >= 0.3 is 0 Å². The van der Waals surface area contributed by atoms with Gasteiger partial charge in [0.15, 0.2) is 0 Å². The first kappa shape index (κ1) is 17.1. The van der Waals surface area contributed by atoms with Crippen molar-refractivity contribution in [2.24, 2.45) is 5.84 Å². The lowest BCUT2D eigenvalue weighted by atomic mass is 10.1. The maximum absolute atomic E-state index is 11.4. The molecule has 0 bridgehead atoms. The van der Waals surface area contributed by atoms with E-state index in [0.717, 1.165) is 10.0 Å². The Morgan fingerprint density at radius 2 is 2.30 bits per heavy atom. The zero-order valence-corrected chi connectivity index (χ0v) is 13.2. The number of likely N-dealkylation sites (N-methyl/N-ethyl adjacent to an activating group) is 1. The van der Waals surface area contributed by atoms with E-state index in [2.05, 4.69) is 21.4 Å². The molecule has 1 rings (SSSR count). The van der Waals surface area contributed by atoms with E-state index in [1.165, 1.54) is 0 Å². The quantitative estimate of drug-likeness (QED) is 0.380. The summed E-state index contributed by atoms with van der Waals surface area (Å²) in [6, 6.07) is 5.28. The minimum atomic E-state index is -0.522. The van der Waals surface area contributed by atoms with E-state index in [1.807, 2.05) is 18.0 Å². The van der Waals surface area contributed by atoms with Crippen molar-refractivity contribution in [1.29, 1.82) is 0 Å². The summed E-state index contributed by atoms with van der Waals surface area (Å²) in [5.41, 5.74) is 3.60. The lowest BCUT2D eigenvalue weighted by Gasteiger charge is -2.21. The number of methoxy groups -OCH3 is 1. The highest BCUT2D eigenvalue weighted by Crippen LogP contribution is 2.20. The molecular formula is C13H20BrN3O3. The number of aliphatic hydroxyl groups is 1. The van der Waals surface area contributed by atoms with Crippen molar-refractivity contribution < 1.29 is 14.6 Å². The first-order chi connectivity index (χ1) is 9.47. The molecule has 4 N–H and O–H groups in total. The van der Waals surface area contributed by atoms with Crippen LogP contribution in [0.3, 0.4) is 0 Å². The van der Waals surface area contributed by atoms with Crippen molar-refractivity contribution in [2.75, 3.05) is 27.3 Å². The molecule has 0 fully saturated rings. The highest BCUT2D eigenvalue weighted by atomic mass is 79.9. The van der Waals surface area contributed by atoms with Crippen molar-refractivity contribution in [3.05, 3.63) is 33.8 Å². The first-order valence-electron chi connectivity index (χ1n) is 6.12. The van der Waals surface area contributed by atoms with Gasteiger partial charge < -0.3 is 9.84 Å². The van der Waals surface area contributed by atoms with Crippen LogP contribution in [0.4, 0.5) is 0 Å². The summed E-state index contributed by atoms with van der Waals surface area (Å²) < 4.78 is 5.72. The molecule has 0 saturated carbocycles. The Hall–Kier alpha value is -0.990. The zero-order chi connectivity index (χ0) is 15.1. The smallest absolute Gasteiger partial charge is 0.265 e. The lowest BCUT2D eigenvalue weighted by molar-refractivity contribution is 0.0418. The zero-order valence-electron chi connectivity index (χ0n) is 11.6. The molecule has 1 aromatic carbocycles. The van der Waals surface area contributed by atoms with Gasteiger partial charge in [0, 0.05) is 30.2 Å². The first-order valence-corrected chi connectivity index (χ1v) is 6.92. The van der Waals surface area contributed by atoms with E-state index >= 15 is 0 Å². The molecule has 112 valence electrons. The minimum absolute atomic E-state index is 0.307. The second-order valence-electron chi connectivity index (χ2n) is 4.59. The van der Waals surface area contributed by atoms with E-state index in [0.29, 0.717) is 25.3 Å². The van der Waals surface area contributed by atoms with Crippen LogP contribution in [0.25, 0.3) is 0 Å². The Morgan fingerprint density at radius 1 is 1.60 bits per heavy atom. The van der Waals surface area contributed by atoms with Gasteiger partial charge in [-0.2, -0.15) is 0 Å². The van der Waals surface area contributed by atoms with Gasteiger partial charge in [0.05, 0.1) is 12.7 Å². The van der Waals surface area contributed by atoms with Crippen LogP contribution >= 0.6 is 15.9 Å². The average molecular weight is 346 g/mol. The van der Waals surface area contributed by atoms with Gasteiger partial charge in [0.2, 0.25) is 0 Å². The predicted molar refractivity (Wildman–Crippen MR) is 80.0 cm³/mol. The molecule has 0 aliphatic rings. The highest BCUT2D eigenvalue weighted by Gasteiger charge is 2.11. The number of halogens is 1. The number of benzene rings is 1. The fourth-order valence-electron chi connectivity index (χ4n) is 1.86. The molecule has 0 aromatic heterocycles. The average Bonchev–Trinajstić information content (AvgIpc) is 2.40.